The molecule has 0 heterocycles. The monoisotopic (exact) mass is 333 g/mol. The van der Waals surface area contributed by atoms with Crippen molar-refractivity contribution < 1.29 is 9.53 Å². The Morgan fingerprint density at radius 2 is 1.40 bits per heavy atom. The summed E-state index contributed by atoms with van der Waals surface area (Å²) in [7, 11) is 0. The minimum Gasteiger partial charge on any atom is -0.484 e. The number of nitrogen functional groups attached to an aromatic ring is 1. The van der Waals surface area contributed by atoms with Crippen molar-refractivity contribution in [3.8, 4) is 5.75 Å². The number of ether oxygens (including phenoxy) is 1. The average molecular weight is 333 g/mol. The smallest absolute Gasteiger partial charge is 0.262 e. The molecule has 0 fully saturated rings. The maximum Gasteiger partial charge on any atom is 0.262 e. The Morgan fingerprint density at radius 3 is 2.08 bits per heavy atom. The number of nitrogens with one attached hydrogen (secondary N) is 2. The van der Waals surface area contributed by atoms with Gasteiger partial charge in [-0.25, -0.2) is 0 Å². The lowest BCUT2D eigenvalue weighted by Crippen LogP contribution is -2.20. The Kier molecular flexibility index (Phi) is 5.16. The van der Waals surface area contributed by atoms with Gasteiger partial charge in [0, 0.05) is 22.7 Å². The Labute approximate surface area is 146 Å². The molecule has 4 N–H and O–H groups in total. The molecule has 3 aromatic carbocycles. The summed E-state index contributed by atoms with van der Waals surface area (Å²) in [5.41, 5.74) is 8.93. The lowest BCUT2D eigenvalue weighted by molar-refractivity contribution is -0.118. The Hall–Kier alpha value is -3.47. The zero-order chi connectivity index (χ0) is 17.5. The van der Waals surface area contributed by atoms with Crippen LogP contribution in [0.1, 0.15) is 0 Å². The summed E-state index contributed by atoms with van der Waals surface area (Å²) in [6, 6.07) is 24.3. The molecule has 3 aromatic rings. The Morgan fingerprint density at radius 1 is 0.800 bits per heavy atom. The van der Waals surface area contributed by atoms with Gasteiger partial charge in [-0.15, -0.1) is 0 Å². The predicted molar refractivity (Wildman–Crippen MR) is 101 cm³/mol. The van der Waals surface area contributed by atoms with Gasteiger partial charge in [-0.3, -0.25) is 4.79 Å². The number of benzene rings is 3. The molecule has 0 spiro atoms. The fraction of sp³-hybridized carbons (Fsp3) is 0.0500. The number of rotatable bonds is 6. The van der Waals surface area contributed by atoms with Crippen molar-refractivity contribution in [1.82, 2.24) is 0 Å². The van der Waals surface area contributed by atoms with Gasteiger partial charge in [-0.2, -0.15) is 0 Å². The van der Waals surface area contributed by atoms with E-state index in [0.717, 1.165) is 11.4 Å². The molecular formula is C20H19N3O2. The van der Waals surface area contributed by atoms with E-state index < -0.39 is 0 Å². The number of para-hydroxylation sites is 1. The molecule has 126 valence electrons. The summed E-state index contributed by atoms with van der Waals surface area (Å²) in [5, 5.41) is 6.09. The van der Waals surface area contributed by atoms with Gasteiger partial charge in [0.1, 0.15) is 5.75 Å². The molecule has 0 atom stereocenters. The van der Waals surface area contributed by atoms with Crippen LogP contribution in [0.25, 0.3) is 0 Å². The molecule has 0 radical (unpaired) electrons. The second-order valence-electron chi connectivity index (χ2n) is 5.47. The molecule has 0 aliphatic rings. The maximum atomic E-state index is 12.0. The largest absolute Gasteiger partial charge is 0.484 e. The first kappa shape index (κ1) is 16.4. The lowest BCUT2D eigenvalue weighted by Gasteiger charge is -2.09. The molecule has 1 amide bonds. The van der Waals surface area contributed by atoms with Gasteiger partial charge in [0.25, 0.3) is 5.91 Å². The minimum atomic E-state index is -0.222. The van der Waals surface area contributed by atoms with Crippen LogP contribution in [0.15, 0.2) is 78.9 Å². The number of anilines is 4. The second kappa shape index (κ2) is 7.88. The first-order valence-corrected chi connectivity index (χ1v) is 7.89. The SMILES string of the molecule is Nc1ccc(OCC(=O)Nc2ccc(Nc3ccccc3)cc2)cc1. The lowest BCUT2D eigenvalue weighted by atomic mass is 10.2. The van der Waals surface area contributed by atoms with Crippen molar-refractivity contribution in [3.05, 3.63) is 78.9 Å². The van der Waals surface area contributed by atoms with Crippen LogP contribution in [0.4, 0.5) is 22.7 Å². The first-order valence-electron chi connectivity index (χ1n) is 7.89. The summed E-state index contributed by atoms with van der Waals surface area (Å²) in [5.74, 6) is 0.382. The summed E-state index contributed by atoms with van der Waals surface area (Å²) < 4.78 is 5.42. The van der Waals surface area contributed by atoms with Crippen molar-refractivity contribution in [2.45, 2.75) is 0 Å². The molecule has 0 unspecified atom stereocenters. The molecule has 5 heteroatoms. The van der Waals surface area contributed by atoms with E-state index in [1.807, 2.05) is 54.6 Å². The number of carbonyl (C=O) groups excluding carboxylic acids is 1. The van der Waals surface area contributed by atoms with Crippen molar-refractivity contribution in [3.63, 3.8) is 0 Å². The Bertz CT molecular complexity index is 816. The molecule has 0 aromatic heterocycles. The van der Waals surface area contributed by atoms with Gasteiger partial charge in [0.15, 0.2) is 6.61 Å². The van der Waals surface area contributed by atoms with Crippen molar-refractivity contribution in [2.24, 2.45) is 0 Å². The highest BCUT2D eigenvalue weighted by molar-refractivity contribution is 5.92. The third-order valence-corrected chi connectivity index (χ3v) is 3.48. The van der Waals surface area contributed by atoms with E-state index >= 15 is 0 Å². The first-order chi connectivity index (χ1) is 12.2. The van der Waals surface area contributed by atoms with Gasteiger partial charge < -0.3 is 21.1 Å². The van der Waals surface area contributed by atoms with E-state index in [9.17, 15) is 4.79 Å². The summed E-state index contributed by atoms with van der Waals surface area (Å²) in [4.78, 5) is 12.0. The number of hydrogen-bond donors (Lipinski definition) is 3. The highest BCUT2D eigenvalue weighted by Crippen LogP contribution is 2.19. The van der Waals surface area contributed by atoms with Crippen molar-refractivity contribution in [1.29, 1.82) is 0 Å². The zero-order valence-electron chi connectivity index (χ0n) is 13.6. The fourth-order valence-electron chi connectivity index (χ4n) is 2.24. The van der Waals surface area contributed by atoms with E-state index in [-0.39, 0.29) is 12.5 Å². The third kappa shape index (κ3) is 5.00. The molecule has 0 saturated heterocycles. The topological polar surface area (TPSA) is 76.4 Å². The average Bonchev–Trinajstić information content (AvgIpc) is 2.64. The predicted octanol–water partition coefficient (Wildman–Crippen LogP) is 4.03. The van der Waals surface area contributed by atoms with Crippen LogP contribution in [0.5, 0.6) is 5.75 Å². The van der Waals surface area contributed by atoms with E-state index in [1.54, 1.807) is 24.3 Å². The van der Waals surface area contributed by atoms with Gasteiger partial charge in [-0.1, -0.05) is 18.2 Å². The quantitative estimate of drug-likeness (QED) is 0.595. The van der Waals surface area contributed by atoms with E-state index in [4.69, 9.17) is 10.5 Å². The van der Waals surface area contributed by atoms with Gasteiger partial charge >= 0.3 is 0 Å². The minimum absolute atomic E-state index is 0.0616. The van der Waals surface area contributed by atoms with E-state index in [1.165, 1.54) is 0 Å². The number of hydrogen-bond acceptors (Lipinski definition) is 4. The van der Waals surface area contributed by atoms with Crippen LogP contribution in [-0.2, 0) is 4.79 Å². The molecule has 0 bridgehead atoms. The summed E-state index contributed by atoms with van der Waals surface area (Å²) >= 11 is 0. The second-order valence-corrected chi connectivity index (χ2v) is 5.47. The third-order valence-electron chi connectivity index (χ3n) is 3.48. The summed E-state index contributed by atoms with van der Waals surface area (Å²) in [6.07, 6.45) is 0. The standard InChI is InChI=1S/C20H19N3O2/c21-15-6-12-19(13-7-15)25-14-20(24)23-18-10-8-17(9-11-18)22-16-4-2-1-3-5-16/h1-13,22H,14,21H2,(H,23,24). The fourth-order valence-corrected chi connectivity index (χ4v) is 2.24. The van der Waals surface area contributed by atoms with Crippen molar-refractivity contribution >= 4 is 28.7 Å². The summed E-state index contributed by atoms with van der Waals surface area (Å²) in [6.45, 7) is -0.0616. The molecule has 25 heavy (non-hydrogen) atoms. The van der Waals surface area contributed by atoms with Crippen LogP contribution >= 0.6 is 0 Å². The highest BCUT2D eigenvalue weighted by Gasteiger charge is 2.04. The van der Waals surface area contributed by atoms with Gasteiger partial charge in [-0.05, 0) is 60.7 Å². The van der Waals surface area contributed by atoms with Crippen LogP contribution < -0.4 is 21.1 Å². The molecule has 0 aliphatic carbocycles. The molecular weight excluding hydrogens is 314 g/mol. The van der Waals surface area contributed by atoms with Crippen molar-refractivity contribution in [2.75, 3.05) is 23.0 Å². The van der Waals surface area contributed by atoms with Crippen LogP contribution in [0.3, 0.4) is 0 Å². The van der Waals surface area contributed by atoms with E-state index in [2.05, 4.69) is 10.6 Å². The molecule has 3 rings (SSSR count). The number of nitrogens with two attached hydrogens (primary N) is 1. The van der Waals surface area contributed by atoms with E-state index in [0.29, 0.717) is 17.1 Å². The van der Waals surface area contributed by atoms with Crippen LogP contribution in [0.2, 0.25) is 0 Å². The van der Waals surface area contributed by atoms with Gasteiger partial charge in [0.05, 0.1) is 0 Å². The maximum absolute atomic E-state index is 12.0. The zero-order valence-corrected chi connectivity index (χ0v) is 13.6. The van der Waals surface area contributed by atoms with Crippen LogP contribution in [0, 0.1) is 0 Å². The van der Waals surface area contributed by atoms with Gasteiger partial charge in [0.2, 0.25) is 0 Å². The highest BCUT2D eigenvalue weighted by atomic mass is 16.5. The number of amides is 1. The normalized spacial score (nSPS) is 10.1. The van der Waals surface area contributed by atoms with Crippen LogP contribution in [-0.4, -0.2) is 12.5 Å². The molecule has 0 saturated carbocycles. The molecule has 5 nitrogen and oxygen atoms in total. The Balaban J connectivity index is 1.50. The number of carbonyl (C=O) groups is 1. The molecule has 0 aliphatic heterocycles.